The minimum absolute atomic E-state index is 0.0800. The van der Waals surface area contributed by atoms with Gasteiger partial charge in [0.05, 0.1) is 26.2 Å². The summed E-state index contributed by atoms with van der Waals surface area (Å²) in [7, 11) is -0.814. The predicted molar refractivity (Wildman–Crippen MR) is 98.8 cm³/mol. The number of ether oxygens (including phenoxy) is 2. The summed E-state index contributed by atoms with van der Waals surface area (Å²) in [4.78, 5) is 12.6. The average Bonchev–Trinajstić information content (AvgIpc) is 2.53. The molecule has 0 fully saturated rings. The van der Waals surface area contributed by atoms with Crippen LogP contribution in [0.2, 0.25) is 0 Å². The van der Waals surface area contributed by atoms with E-state index in [0.717, 1.165) is 10.6 Å². The Morgan fingerprint density at radius 2 is 1.72 bits per heavy atom. The van der Waals surface area contributed by atoms with Crippen LogP contribution in [0.25, 0.3) is 0 Å². The topological polar surface area (TPSA) is 84.9 Å². The fourth-order valence-electron chi connectivity index (χ4n) is 2.26. The zero-order valence-corrected chi connectivity index (χ0v) is 16.7. The fourth-order valence-corrected chi connectivity index (χ4v) is 3.43. The maximum Gasteiger partial charge on any atom is 0.243 e. The van der Waals surface area contributed by atoms with Gasteiger partial charge in [0.25, 0.3) is 0 Å². The molecule has 1 aromatic carbocycles. The van der Waals surface area contributed by atoms with E-state index in [1.165, 1.54) is 20.3 Å². The number of sulfonamides is 1. The summed E-state index contributed by atoms with van der Waals surface area (Å²) in [6.07, 6.45) is 1.06. The van der Waals surface area contributed by atoms with Gasteiger partial charge in [-0.3, -0.25) is 9.10 Å². The molecule has 1 rings (SSSR count). The molecule has 0 spiro atoms. The number of amides is 1. The zero-order chi connectivity index (χ0) is 19.4. The van der Waals surface area contributed by atoms with Gasteiger partial charge in [-0.25, -0.2) is 8.42 Å². The number of nitrogens with zero attached hydrogens (tertiary/aromatic N) is 1. The highest BCUT2D eigenvalue weighted by molar-refractivity contribution is 7.92. The molecule has 0 aliphatic carbocycles. The summed E-state index contributed by atoms with van der Waals surface area (Å²) in [6.45, 7) is 7.39. The van der Waals surface area contributed by atoms with Crippen LogP contribution in [0.15, 0.2) is 18.2 Å². The van der Waals surface area contributed by atoms with E-state index in [2.05, 4.69) is 5.32 Å². The summed E-state index contributed by atoms with van der Waals surface area (Å²) in [5.74, 6) is 0.654. The van der Waals surface area contributed by atoms with E-state index < -0.39 is 16.1 Å². The molecule has 25 heavy (non-hydrogen) atoms. The Labute approximate surface area is 150 Å². The third kappa shape index (κ3) is 5.26. The second kappa shape index (κ2) is 8.42. The van der Waals surface area contributed by atoms with Crippen LogP contribution in [0, 0.1) is 5.92 Å². The molecular weight excluding hydrogens is 344 g/mol. The third-order valence-corrected chi connectivity index (χ3v) is 5.31. The Morgan fingerprint density at radius 3 is 2.16 bits per heavy atom. The largest absolute Gasteiger partial charge is 0.497 e. The predicted octanol–water partition coefficient (Wildman–Crippen LogP) is 2.02. The van der Waals surface area contributed by atoms with Crippen LogP contribution < -0.4 is 19.1 Å². The highest BCUT2D eigenvalue weighted by atomic mass is 32.2. The maximum absolute atomic E-state index is 12.6. The molecule has 0 aromatic heterocycles. The molecule has 1 amide bonds. The molecule has 0 bridgehead atoms. The van der Waals surface area contributed by atoms with Crippen molar-refractivity contribution in [3.63, 3.8) is 0 Å². The summed E-state index contributed by atoms with van der Waals surface area (Å²) in [6, 6.07) is 3.78. The Bertz CT molecular complexity index is 703. The summed E-state index contributed by atoms with van der Waals surface area (Å²) < 4.78 is 36.3. The van der Waals surface area contributed by atoms with Crippen molar-refractivity contribution in [2.75, 3.05) is 24.8 Å². The molecule has 1 N–H and O–H groups in total. The minimum Gasteiger partial charge on any atom is -0.497 e. The van der Waals surface area contributed by atoms with Crippen molar-refractivity contribution in [1.82, 2.24) is 5.32 Å². The molecule has 2 atom stereocenters. The summed E-state index contributed by atoms with van der Waals surface area (Å²) in [5, 5.41) is 2.85. The van der Waals surface area contributed by atoms with E-state index >= 15 is 0 Å². The van der Waals surface area contributed by atoms with Crippen LogP contribution in [-0.2, 0) is 14.8 Å². The highest BCUT2D eigenvalue weighted by Gasteiger charge is 2.32. The van der Waals surface area contributed by atoms with Crippen molar-refractivity contribution in [3.05, 3.63) is 18.2 Å². The first-order chi connectivity index (χ1) is 11.5. The van der Waals surface area contributed by atoms with Gasteiger partial charge in [-0.1, -0.05) is 13.8 Å². The lowest BCUT2D eigenvalue weighted by atomic mass is 10.1. The molecule has 0 saturated carbocycles. The number of benzene rings is 1. The monoisotopic (exact) mass is 372 g/mol. The Hall–Kier alpha value is -1.96. The number of hydrogen-bond acceptors (Lipinski definition) is 5. The lowest BCUT2D eigenvalue weighted by Gasteiger charge is -2.31. The smallest absolute Gasteiger partial charge is 0.243 e. The van der Waals surface area contributed by atoms with Crippen molar-refractivity contribution in [3.8, 4) is 11.5 Å². The molecule has 0 saturated heterocycles. The number of nitrogens with one attached hydrogen (secondary N) is 1. The van der Waals surface area contributed by atoms with Crippen LogP contribution in [0.4, 0.5) is 5.69 Å². The maximum atomic E-state index is 12.6. The standard InChI is InChI=1S/C17H28N2O5S/c1-11(2)12(3)18-17(20)13(4)19(25(7,21)22)15-10-14(23-5)8-9-16(15)24-6/h8-13H,1-7H3,(H,18,20)/t12-,13-/m1/s1. The number of methoxy groups -OCH3 is 2. The molecular formula is C17H28N2O5S. The van der Waals surface area contributed by atoms with Gasteiger partial charge < -0.3 is 14.8 Å². The summed E-state index contributed by atoms with van der Waals surface area (Å²) >= 11 is 0. The van der Waals surface area contributed by atoms with Gasteiger partial charge in [-0.15, -0.1) is 0 Å². The molecule has 7 nitrogen and oxygen atoms in total. The Kier molecular flexibility index (Phi) is 7.10. The van der Waals surface area contributed by atoms with Crippen LogP contribution in [0.3, 0.4) is 0 Å². The van der Waals surface area contributed by atoms with Crippen molar-refractivity contribution in [2.45, 2.75) is 39.8 Å². The van der Waals surface area contributed by atoms with E-state index in [9.17, 15) is 13.2 Å². The Morgan fingerprint density at radius 1 is 1.12 bits per heavy atom. The first kappa shape index (κ1) is 21.1. The normalized spacial score (nSPS) is 13.9. The van der Waals surface area contributed by atoms with E-state index in [-0.39, 0.29) is 23.6 Å². The van der Waals surface area contributed by atoms with Crippen molar-refractivity contribution >= 4 is 21.6 Å². The van der Waals surface area contributed by atoms with Crippen LogP contribution in [0.1, 0.15) is 27.7 Å². The lowest BCUT2D eigenvalue weighted by molar-refractivity contribution is -0.122. The molecule has 0 radical (unpaired) electrons. The van der Waals surface area contributed by atoms with Crippen LogP contribution >= 0.6 is 0 Å². The van der Waals surface area contributed by atoms with E-state index in [1.54, 1.807) is 19.1 Å². The van der Waals surface area contributed by atoms with Crippen molar-refractivity contribution in [1.29, 1.82) is 0 Å². The molecule has 0 unspecified atom stereocenters. The van der Waals surface area contributed by atoms with Gasteiger partial charge in [-0.05, 0) is 31.9 Å². The molecule has 0 heterocycles. The van der Waals surface area contributed by atoms with Crippen molar-refractivity contribution in [2.24, 2.45) is 5.92 Å². The van der Waals surface area contributed by atoms with Gasteiger partial charge in [-0.2, -0.15) is 0 Å². The van der Waals surface area contributed by atoms with E-state index in [1.807, 2.05) is 20.8 Å². The van der Waals surface area contributed by atoms with Gasteiger partial charge in [0.15, 0.2) is 0 Å². The SMILES string of the molecule is COc1ccc(OC)c(N([C@H](C)C(=O)N[C@H](C)C(C)C)S(C)(=O)=O)c1. The highest BCUT2D eigenvalue weighted by Crippen LogP contribution is 2.35. The Balaban J connectivity index is 3.34. The molecule has 142 valence electrons. The minimum atomic E-state index is -3.74. The van der Waals surface area contributed by atoms with Gasteiger partial charge in [0, 0.05) is 12.1 Å². The van der Waals surface area contributed by atoms with Gasteiger partial charge in [0.2, 0.25) is 15.9 Å². The number of rotatable bonds is 8. The van der Waals surface area contributed by atoms with Gasteiger partial charge >= 0.3 is 0 Å². The number of carbonyl (C=O) groups is 1. The van der Waals surface area contributed by atoms with Gasteiger partial charge in [0.1, 0.15) is 17.5 Å². The molecule has 0 aliphatic heterocycles. The van der Waals surface area contributed by atoms with Crippen molar-refractivity contribution < 1.29 is 22.7 Å². The van der Waals surface area contributed by atoms with Crippen LogP contribution in [0.5, 0.6) is 11.5 Å². The van der Waals surface area contributed by atoms with E-state index in [4.69, 9.17) is 9.47 Å². The molecule has 8 heteroatoms. The fraction of sp³-hybridized carbons (Fsp3) is 0.588. The molecule has 0 aliphatic rings. The second-order valence-electron chi connectivity index (χ2n) is 6.31. The second-order valence-corrected chi connectivity index (χ2v) is 8.17. The van der Waals surface area contributed by atoms with E-state index in [0.29, 0.717) is 11.5 Å². The number of anilines is 1. The molecule has 1 aromatic rings. The third-order valence-electron chi connectivity index (χ3n) is 4.08. The first-order valence-corrected chi connectivity index (χ1v) is 9.89. The quantitative estimate of drug-likeness (QED) is 0.755. The zero-order valence-electron chi connectivity index (χ0n) is 15.9. The number of carbonyl (C=O) groups excluding carboxylic acids is 1. The lowest BCUT2D eigenvalue weighted by Crippen LogP contribution is -2.50. The average molecular weight is 372 g/mol. The number of hydrogen-bond donors (Lipinski definition) is 1. The summed E-state index contributed by atoms with van der Waals surface area (Å²) in [5.41, 5.74) is 0.254. The first-order valence-electron chi connectivity index (χ1n) is 8.04. The van der Waals surface area contributed by atoms with Crippen LogP contribution in [-0.4, -0.2) is 46.9 Å².